The van der Waals surface area contributed by atoms with E-state index in [1.165, 1.54) is 0 Å². The van der Waals surface area contributed by atoms with Gasteiger partial charge in [-0.2, -0.15) is 0 Å². The van der Waals surface area contributed by atoms with Crippen LogP contribution in [0.15, 0.2) is 24.8 Å². The Labute approximate surface area is 108 Å². The monoisotopic (exact) mass is 248 g/mol. The average Bonchev–Trinajstić information content (AvgIpc) is 2.34. The SMILES string of the molecule is C=C(COC(=O)C(C)C)c1ccc(C)cc1OC. The standard InChI is InChI=1S/C15H20O3/c1-10(2)15(16)18-9-12(4)13-7-6-11(3)8-14(13)17-5/h6-8,10H,4,9H2,1-3,5H3. The van der Waals surface area contributed by atoms with Gasteiger partial charge in [0.2, 0.25) is 0 Å². The van der Waals surface area contributed by atoms with Gasteiger partial charge in [0, 0.05) is 5.56 Å². The van der Waals surface area contributed by atoms with Crippen LogP contribution in [0.2, 0.25) is 0 Å². The van der Waals surface area contributed by atoms with E-state index < -0.39 is 0 Å². The normalized spacial score (nSPS) is 10.3. The minimum Gasteiger partial charge on any atom is -0.496 e. The van der Waals surface area contributed by atoms with Gasteiger partial charge in [-0.3, -0.25) is 4.79 Å². The summed E-state index contributed by atoms with van der Waals surface area (Å²) in [5, 5.41) is 0. The molecule has 0 radical (unpaired) electrons. The zero-order chi connectivity index (χ0) is 13.7. The molecule has 0 spiro atoms. The van der Waals surface area contributed by atoms with Crippen LogP contribution in [0.5, 0.6) is 5.75 Å². The lowest BCUT2D eigenvalue weighted by Crippen LogP contribution is -2.13. The minimum absolute atomic E-state index is 0.127. The van der Waals surface area contributed by atoms with Crippen molar-refractivity contribution in [2.45, 2.75) is 20.8 Å². The molecular weight excluding hydrogens is 228 g/mol. The highest BCUT2D eigenvalue weighted by Crippen LogP contribution is 2.26. The quantitative estimate of drug-likeness (QED) is 0.750. The molecule has 3 heteroatoms. The van der Waals surface area contributed by atoms with Crippen LogP contribution in [0.25, 0.3) is 5.57 Å². The van der Waals surface area contributed by atoms with Gasteiger partial charge >= 0.3 is 5.97 Å². The number of esters is 1. The molecule has 1 aromatic rings. The highest BCUT2D eigenvalue weighted by atomic mass is 16.5. The minimum atomic E-state index is -0.220. The lowest BCUT2D eigenvalue weighted by molar-refractivity contribution is -0.145. The van der Waals surface area contributed by atoms with Crippen molar-refractivity contribution in [2.75, 3.05) is 13.7 Å². The van der Waals surface area contributed by atoms with Crippen molar-refractivity contribution in [3.05, 3.63) is 35.9 Å². The lowest BCUT2D eigenvalue weighted by atomic mass is 10.0. The van der Waals surface area contributed by atoms with Gasteiger partial charge in [0.15, 0.2) is 0 Å². The molecule has 98 valence electrons. The first-order chi connectivity index (χ1) is 8.45. The van der Waals surface area contributed by atoms with Crippen molar-refractivity contribution < 1.29 is 14.3 Å². The predicted molar refractivity (Wildman–Crippen MR) is 72.6 cm³/mol. The molecule has 18 heavy (non-hydrogen) atoms. The Balaban J connectivity index is 2.75. The topological polar surface area (TPSA) is 35.5 Å². The third kappa shape index (κ3) is 3.62. The first-order valence-electron chi connectivity index (χ1n) is 5.95. The van der Waals surface area contributed by atoms with Crippen LogP contribution in [0.4, 0.5) is 0 Å². The molecule has 0 saturated heterocycles. The van der Waals surface area contributed by atoms with Gasteiger partial charge in [-0.1, -0.05) is 32.6 Å². The first-order valence-corrected chi connectivity index (χ1v) is 5.95. The number of rotatable bonds is 5. The number of methoxy groups -OCH3 is 1. The number of carbonyl (C=O) groups is 1. The number of aryl methyl sites for hydroxylation is 1. The van der Waals surface area contributed by atoms with Gasteiger partial charge in [-0.15, -0.1) is 0 Å². The third-order valence-corrected chi connectivity index (χ3v) is 2.60. The molecule has 0 heterocycles. The van der Waals surface area contributed by atoms with Crippen molar-refractivity contribution in [1.82, 2.24) is 0 Å². The largest absolute Gasteiger partial charge is 0.496 e. The van der Waals surface area contributed by atoms with E-state index in [-0.39, 0.29) is 18.5 Å². The molecule has 0 N–H and O–H groups in total. The Morgan fingerprint density at radius 3 is 2.61 bits per heavy atom. The summed E-state index contributed by atoms with van der Waals surface area (Å²) < 4.78 is 10.5. The molecule has 0 atom stereocenters. The van der Waals surface area contributed by atoms with Gasteiger partial charge in [-0.05, 0) is 24.1 Å². The predicted octanol–water partition coefficient (Wildman–Crippen LogP) is 3.22. The van der Waals surface area contributed by atoms with E-state index in [0.29, 0.717) is 0 Å². The second kappa shape index (κ2) is 6.24. The Morgan fingerprint density at radius 2 is 2.06 bits per heavy atom. The molecule has 0 aliphatic heterocycles. The van der Waals surface area contributed by atoms with E-state index in [1.807, 2.05) is 25.1 Å². The Morgan fingerprint density at radius 1 is 1.39 bits per heavy atom. The van der Waals surface area contributed by atoms with Crippen molar-refractivity contribution in [3.8, 4) is 5.75 Å². The second-order valence-electron chi connectivity index (χ2n) is 4.57. The van der Waals surface area contributed by atoms with Crippen LogP contribution >= 0.6 is 0 Å². The second-order valence-corrected chi connectivity index (χ2v) is 4.57. The van der Waals surface area contributed by atoms with Gasteiger partial charge < -0.3 is 9.47 Å². The van der Waals surface area contributed by atoms with Crippen molar-refractivity contribution in [2.24, 2.45) is 5.92 Å². The Kier molecular flexibility index (Phi) is 4.95. The summed E-state index contributed by atoms with van der Waals surface area (Å²) in [6.45, 7) is 9.73. The molecule has 0 fully saturated rings. The fraction of sp³-hybridized carbons (Fsp3) is 0.400. The Hall–Kier alpha value is -1.77. The van der Waals surface area contributed by atoms with Crippen molar-refractivity contribution in [1.29, 1.82) is 0 Å². The van der Waals surface area contributed by atoms with E-state index in [9.17, 15) is 4.79 Å². The van der Waals surface area contributed by atoms with Crippen LogP contribution in [0, 0.1) is 12.8 Å². The summed E-state index contributed by atoms with van der Waals surface area (Å²) in [5.74, 6) is 0.403. The summed E-state index contributed by atoms with van der Waals surface area (Å²) in [6, 6.07) is 5.85. The van der Waals surface area contributed by atoms with Crippen LogP contribution in [-0.2, 0) is 9.53 Å². The van der Waals surface area contributed by atoms with E-state index in [1.54, 1.807) is 21.0 Å². The highest BCUT2D eigenvalue weighted by molar-refractivity contribution is 5.75. The van der Waals surface area contributed by atoms with E-state index >= 15 is 0 Å². The van der Waals surface area contributed by atoms with E-state index in [2.05, 4.69) is 6.58 Å². The highest BCUT2D eigenvalue weighted by Gasteiger charge is 2.12. The molecule has 0 unspecified atom stereocenters. The molecule has 1 aromatic carbocycles. The maximum atomic E-state index is 11.4. The fourth-order valence-electron chi connectivity index (χ4n) is 1.49. The number of hydrogen-bond donors (Lipinski definition) is 0. The number of benzene rings is 1. The molecule has 1 rings (SSSR count). The van der Waals surface area contributed by atoms with Gasteiger partial charge in [-0.25, -0.2) is 0 Å². The smallest absolute Gasteiger partial charge is 0.308 e. The summed E-state index contributed by atoms with van der Waals surface area (Å²) in [6.07, 6.45) is 0. The number of ether oxygens (including phenoxy) is 2. The van der Waals surface area contributed by atoms with Gasteiger partial charge in [0.1, 0.15) is 12.4 Å². The van der Waals surface area contributed by atoms with Gasteiger partial charge in [0.25, 0.3) is 0 Å². The molecular formula is C15H20O3. The molecule has 0 amide bonds. The van der Waals surface area contributed by atoms with Crippen LogP contribution < -0.4 is 4.74 Å². The maximum absolute atomic E-state index is 11.4. The zero-order valence-electron chi connectivity index (χ0n) is 11.4. The third-order valence-electron chi connectivity index (χ3n) is 2.60. The first kappa shape index (κ1) is 14.3. The van der Waals surface area contributed by atoms with Crippen LogP contribution in [0.1, 0.15) is 25.0 Å². The Bertz CT molecular complexity index is 447. The van der Waals surface area contributed by atoms with Crippen molar-refractivity contribution in [3.63, 3.8) is 0 Å². The average molecular weight is 248 g/mol. The fourth-order valence-corrected chi connectivity index (χ4v) is 1.49. The molecule has 0 aromatic heterocycles. The molecule has 0 aliphatic rings. The van der Waals surface area contributed by atoms with Crippen LogP contribution in [0.3, 0.4) is 0 Å². The maximum Gasteiger partial charge on any atom is 0.308 e. The molecule has 0 aliphatic carbocycles. The molecule has 3 nitrogen and oxygen atoms in total. The van der Waals surface area contributed by atoms with Crippen LogP contribution in [-0.4, -0.2) is 19.7 Å². The molecule has 0 saturated carbocycles. The summed E-state index contributed by atoms with van der Waals surface area (Å²) >= 11 is 0. The van der Waals surface area contributed by atoms with Crippen molar-refractivity contribution >= 4 is 11.5 Å². The summed E-state index contributed by atoms with van der Waals surface area (Å²) in [5.41, 5.74) is 2.73. The van der Waals surface area contributed by atoms with E-state index in [0.717, 1.165) is 22.4 Å². The zero-order valence-corrected chi connectivity index (χ0v) is 11.4. The van der Waals surface area contributed by atoms with Gasteiger partial charge in [0.05, 0.1) is 13.0 Å². The van der Waals surface area contributed by atoms with E-state index in [4.69, 9.17) is 9.47 Å². The summed E-state index contributed by atoms with van der Waals surface area (Å²) in [4.78, 5) is 11.4. The number of hydrogen-bond acceptors (Lipinski definition) is 3. The number of carbonyl (C=O) groups excluding carboxylic acids is 1. The lowest BCUT2D eigenvalue weighted by Gasteiger charge is -2.13. The molecule has 0 bridgehead atoms. The summed E-state index contributed by atoms with van der Waals surface area (Å²) in [7, 11) is 1.62.